The summed E-state index contributed by atoms with van der Waals surface area (Å²) in [5.41, 5.74) is 0. The minimum absolute atomic E-state index is 1.32. The molecule has 0 aliphatic rings. The summed E-state index contributed by atoms with van der Waals surface area (Å²) < 4.78 is 0. The van der Waals surface area contributed by atoms with Crippen LogP contribution in [0.5, 0.6) is 0 Å². The van der Waals surface area contributed by atoms with E-state index >= 15 is 0 Å². The highest BCUT2D eigenvalue weighted by molar-refractivity contribution is 4.51. The third-order valence-electron chi connectivity index (χ3n) is 1.000. The Hall–Kier alpha value is -0.260. The molecule has 0 aromatic heterocycles. The quantitative estimate of drug-likeness (QED) is 0.444. The minimum atomic E-state index is 1.32. The zero-order valence-corrected chi connectivity index (χ0v) is 13.1. The second-order valence-electron chi connectivity index (χ2n) is 2.41. The van der Waals surface area contributed by atoms with Crippen molar-refractivity contribution in [2.24, 2.45) is 0 Å². The lowest BCUT2D eigenvalue weighted by molar-refractivity contribution is 0.886. The predicted molar refractivity (Wildman–Crippen MR) is 79.7 cm³/mol. The van der Waals surface area contributed by atoms with E-state index < -0.39 is 0 Å². The summed E-state index contributed by atoms with van der Waals surface area (Å²) in [6.45, 7) is 22.0. The van der Waals surface area contributed by atoms with Crippen LogP contribution in [-0.2, 0) is 0 Å². The molecule has 0 aliphatic heterocycles. The van der Waals surface area contributed by atoms with Gasteiger partial charge in [-0.05, 0) is 6.92 Å². The van der Waals surface area contributed by atoms with Crippen molar-refractivity contribution in [3.63, 3.8) is 0 Å². The topological polar surface area (TPSA) is 0 Å². The molecule has 0 aromatic rings. The van der Waals surface area contributed by atoms with Crippen LogP contribution >= 0.6 is 0 Å². The second kappa shape index (κ2) is 99.3. The highest BCUT2D eigenvalue weighted by atomic mass is 13.6. The summed E-state index contributed by atoms with van der Waals surface area (Å²) in [6.07, 6.45) is 7.03. The lowest BCUT2D eigenvalue weighted by Crippen LogP contribution is -1.47. The van der Waals surface area contributed by atoms with E-state index in [0.717, 1.165) is 0 Å². The highest BCUT2D eigenvalue weighted by Crippen LogP contribution is 1.77. The molecule has 0 saturated heterocycles. The van der Waals surface area contributed by atoms with Crippen molar-refractivity contribution in [2.75, 3.05) is 0 Å². The molecular weight excluding hydrogens is 180 g/mol. The molecule has 0 heterocycles. The van der Waals surface area contributed by atoms with E-state index in [4.69, 9.17) is 0 Å². The Balaban J connectivity index is -0.0000000289. The van der Waals surface area contributed by atoms with Crippen molar-refractivity contribution in [1.82, 2.24) is 0 Å². The van der Waals surface area contributed by atoms with Crippen molar-refractivity contribution in [1.29, 1.82) is 0 Å². The van der Waals surface area contributed by atoms with Crippen molar-refractivity contribution >= 4 is 0 Å². The van der Waals surface area contributed by atoms with Crippen LogP contribution < -0.4 is 0 Å². The van der Waals surface area contributed by atoms with Gasteiger partial charge < -0.3 is 0 Å². The fraction of sp³-hybridized carbons (Fsp3) is 0.867. The Bertz CT molecular complexity index is 29.3. The Morgan fingerprint density at radius 3 is 0.733 bits per heavy atom. The zero-order valence-electron chi connectivity index (χ0n) is 13.1. The molecule has 98 valence electrons. The smallest absolute Gasteiger partial charge is 0.0473 e. The summed E-state index contributed by atoms with van der Waals surface area (Å²) in [5, 5.41) is 0. The van der Waals surface area contributed by atoms with Gasteiger partial charge in [0.25, 0.3) is 0 Å². The molecule has 0 N–H and O–H groups in total. The molecule has 0 rings (SSSR count). The fourth-order valence-electron chi connectivity index (χ4n) is 0. The number of allylic oxidation sites excluding steroid dienone is 1. The van der Waals surface area contributed by atoms with Crippen LogP contribution in [0.2, 0.25) is 0 Å². The molecule has 15 heavy (non-hydrogen) atoms. The summed E-state index contributed by atoms with van der Waals surface area (Å²) in [7, 11) is 0. The van der Waals surface area contributed by atoms with Crippen molar-refractivity contribution < 1.29 is 0 Å². The molecule has 0 fully saturated rings. The molecule has 0 atom stereocenters. The number of unbranched alkanes of at least 4 members (excludes halogenated alkanes) is 2. The SMILES string of the molecule is C=CC.CC.CC.CCCC.CCCC. The van der Waals surface area contributed by atoms with Gasteiger partial charge in [0.15, 0.2) is 0 Å². The maximum Gasteiger partial charge on any atom is -0.0473 e. The third-order valence-corrected chi connectivity index (χ3v) is 1.000. The lowest BCUT2D eigenvalue weighted by atomic mass is 10.4. The predicted octanol–water partition coefficient (Wildman–Crippen LogP) is 6.86. The molecule has 0 amide bonds. The molecule has 0 unspecified atom stereocenters. The van der Waals surface area contributed by atoms with Crippen LogP contribution in [-0.4, -0.2) is 0 Å². The first-order valence-electron chi connectivity index (χ1n) is 6.81. The molecule has 0 bridgehead atoms. The molecule has 0 saturated carbocycles. The second-order valence-corrected chi connectivity index (χ2v) is 2.41. The van der Waals surface area contributed by atoms with Gasteiger partial charge in [-0.3, -0.25) is 0 Å². The van der Waals surface area contributed by atoms with Crippen LogP contribution in [0.25, 0.3) is 0 Å². The maximum absolute atomic E-state index is 3.36. The lowest BCUT2D eigenvalue weighted by Gasteiger charge is -1.68. The van der Waals surface area contributed by atoms with Gasteiger partial charge in [-0.15, -0.1) is 6.58 Å². The molecular formula is C15H38. The van der Waals surface area contributed by atoms with Gasteiger partial charge in [0, 0.05) is 0 Å². The van der Waals surface area contributed by atoms with Crippen LogP contribution in [0, 0.1) is 0 Å². The van der Waals surface area contributed by atoms with Crippen molar-refractivity contribution in [2.45, 2.75) is 88.0 Å². The van der Waals surface area contributed by atoms with Gasteiger partial charge in [-0.1, -0.05) is 87.1 Å². The van der Waals surface area contributed by atoms with Gasteiger partial charge in [-0.25, -0.2) is 0 Å². The summed E-state index contributed by atoms with van der Waals surface area (Å²) in [4.78, 5) is 0. The molecule has 0 aromatic carbocycles. The van der Waals surface area contributed by atoms with Crippen LogP contribution in [0.4, 0.5) is 0 Å². The van der Waals surface area contributed by atoms with Crippen LogP contribution in [0.3, 0.4) is 0 Å². The molecule has 0 nitrogen and oxygen atoms in total. The van der Waals surface area contributed by atoms with E-state index in [9.17, 15) is 0 Å². The maximum atomic E-state index is 3.36. The van der Waals surface area contributed by atoms with E-state index in [2.05, 4.69) is 34.3 Å². The number of rotatable bonds is 2. The minimum Gasteiger partial charge on any atom is -0.103 e. The normalized spacial score (nSPS) is 5.67. The Kier molecular flexibility index (Phi) is 194. The molecule has 0 radical (unpaired) electrons. The van der Waals surface area contributed by atoms with Gasteiger partial charge in [0.1, 0.15) is 0 Å². The number of hydrogen-bond acceptors (Lipinski definition) is 0. The molecule has 0 spiro atoms. The first kappa shape index (κ1) is 29.3. The highest BCUT2D eigenvalue weighted by Gasteiger charge is 1.56. The van der Waals surface area contributed by atoms with E-state index in [1.807, 2.05) is 34.6 Å². The Labute approximate surface area is 101 Å². The van der Waals surface area contributed by atoms with Gasteiger partial charge in [0.05, 0.1) is 0 Å². The van der Waals surface area contributed by atoms with Gasteiger partial charge in [0.2, 0.25) is 0 Å². The zero-order chi connectivity index (χ0) is 13.5. The largest absolute Gasteiger partial charge is 0.103 e. The first-order chi connectivity index (χ1) is 7.24. The van der Waals surface area contributed by atoms with E-state index in [1.165, 1.54) is 25.7 Å². The summed E-state index contributed by atoms with van der Waals surface area (Å²) >= 11 is 0. The molecule has 0 aliphatic carbocycles. The Morgan fingerprint density at radius 2 is 0.733 bits per heavy atom. The van der Waals surface area contributed by atoms with Crippen LogP contribution in [0.1, 0.15) is 88.0 Å². The third kappa shape index (κ3) is 625. The van der Waals surface area contributed by atoms with E-state index in [-0.39, 0.29) is 0 Å². The van der Waals surface area contributed by atoms with Crippen molar-refractivity contribution in [3.05, 3.63) is 12.7 Å². The first-order valence-corrected chi connectivity index (χ1v) is 6.81. The van der Waals surface area contributed by atoms with Gasteiger partial charge >= 0.3 is 0 Å². The summed E-state index contributed by atoms with van der Waals surface area (Å²) in [6, 6.07) is 0. The number of hydrogen-bond donors (Lipinski definition) is 0. The average molecular weight is 218 g/mol. The van der Waals surface area contributed by atoms with E-state index in [1.54, 1.807) is 6.08 Å². The monoisotopic (exact) mass is 218 g/mol. The fourth-order valence-corrected chi connectivity index (χ4v) is 0. The Morgan fingerprint density at radius 1 is 0.667 bits per heavy atom. The van der Waals surface area contributed by atoms with Gasteiger partial charge in [-0.2, -0.15) is 0 Å². The van der Waals surface area contributed by atoms with Crippen molar-refractivity contribution in [3.8, 4) is 0 Å². The van der Waals surface area contributed by atoms with Crippen LogP contribution in [0.15, 0.2) is 12.7 Å². The van der Waals surface area contributed by atoms with E-state index in [0.29, 0.717) is 0 Å². The standard InChI is InChI=1S/2C4H10.C3H6.2C2H6/c2*1-3-4-2;1-3-2;2*1-2/h2*3-4H2,1-2H3;3H,1H2,2H3;2*1-2H3. The average Bonchev–Trinajstić information content (AvgIpc) is 2.35. The molecule has 0 heteroatoms. The summed E-state index contributed by atoms with van der Waals surface area (Å²) in [5.74, 6) is 0.